The van der Waals surface area contributed by atoms with Gasteiger partial charge in [-0.2, -0.15) is 0 Å². The molecule has 1 aromatic carbocycles. The minimum absolute atomic E-state index is 0.100. The van der Waals surface area contributed by atoms with Gasteiger partial charge in [-0.15, -0.1) is 11.3 Å². The molecule has 0 saturated carbocycles. The highest BCUT2D eigenvalue weighted by molar-refractivity contribution is 8.03. The van der Waals surface area contributed by atoms with E-state index >= 15 is 0 Å². The van der Waals surface area contributed by atoms with E-state index in [1.54, 1.807) is 19.2 Å². The molecule has 0 spiro atoms. The van der Waals surface area contributed by atoms with Crippen molar-refractivity contribution >= 4 is 50.1 Å². The summed E-state index contributed by atoms with van der Waals surface area (Å²) in [4.78, 5) is 28.0. The number of hydrogen-bond acceptors (Lipinski definition) is 6. The Morgan fingerprint density at radius 1 is 1.38 bits per heavy atom. The van der Waals surface area contributed by atoms with Gasteiger partial charge in [0.05, 0.1) is 21.6 Å². The number of nitrogens with zero attached hydrogens (tertiary/aromatic N) is 1. The van der Waals surface area contributed by atoms with Gasteiger partial charge >= 0.3 is 5.97 Å². The molecule has 2 rings (SSSR count). The van der Waals surface area contributed by atoms with Gasteiger partial charge in [0.25, 0.3) is 0 Å². The molecule has 0 aliphatic rings. The first kappa shape index (κ1) is 18.8. The number of nitrogens with one attached hydrogen (secondary N) is 1. The highest BCUT2D eigenvalue weighted by Gasteiger charge is 2.31. The number of aromatic nitrogens is 1. The lowest BCUT2D eigenvalue weighted by atomic mass is 10.2. The predicted molar refractivity (Wildman–Crippen MR) is 96.6 cm³/mol. The second-order valence-electron chi connectivity index (χ2n) is 5.35. The third-order valence-corrected chi connectivity index (χ3v) is 5.32. The summed E-state index contributed by atoms with van der Waals surface area (Å²) in [5, 5.41) is 4.45. The van der Waals surface area contributed by atoms with Crippen LogP contribution in [-0.2, 0) is 20.5 Å². The summed E-state index contributed by atoms with van der Waals surface area (Å²) in [6, 6.07) is 5.54. The lowest BCUT2D eigenvalue weighted by Gasteiger charge is -2.18. The minimum atomic E-state index is -0.771. The number of thioether (sulfide) groups is 1. The largest absolute Gasteiger partial charge is 0.450 e. The summed E-state index contributed by atoms with van der Waals surface area (Å²) in [5.74, 6) is -0.976. The Labute approximate surface area is 149 Å². The maximum atomic E-state index is 12.8. The summed E-state index contributed by atoms with van der Waals surface area (Å²) in [5.41, 5.74) is 1.13. The molecule has 1 amide bonds. The van der Waals surface area contributed by atoms with Gasteiger partial charge in [0, 0.05) is 11.1 Å². The van der Waals surface area contributed by atoms with Gasteiger partial charge in [0.15, 0.2) is 4.34 Å². The topological polar surface area (TPSA) is 68.3 Å². The lowest BCUT2D eigenvalue weighted by Crippen LogP contribution is -2.27. The minimum Gasteiger partial charge on any atom is -0.450 e. The lowest BCUT2D eigenvalue weighted by molar-refractivity contribution is -0.135. The number of thiazole rings is 1. The van der Waals surface area contributed by atoms with Crippen molar-refractivity contribution in [1.82, 2.24) is 4.98 Å². The van der Waals surface area contributed by atoms with Gasteiger partial charge < -0.3 is 9.84 Å². The Balaban J connectivity index is 1.94. The normalized spacial score (nSPS) is 11.2. The maximum absolute atomic E-state index is 12.8. The summed E-state index contributed by atoms with van der Waals surface area (Å²) in [6.45, 7) is 3.48. The molecule has 0 aliphatic carbocycles. The monoisotopic (exact) mass is 386 g/mol. The van der Waals surface area contributed by atoms with Crippen molar-refractivity contribution in [2.75, 3.05) is 5.32 Å². The molecule has 1 unspecified atom stereocenters. The van der Waals surface area contributed by atoms with E-state index in [0.29, 0.717) is 15.7 Å². The molecular formula is C15H16FN2O3PS2. The van der Waals surface area contributed by atoms with Crippen molar-refractivity contribution in [2.45, 2.75) is 29.4 Å². The molecule has 0 bridgehead atoms. The Morgan fingerprint density at radius 3 is 2.67 bits per heavy atom. The third kappa shape index (κ3) is 5.26. The average Bonchev–Trinajstić information content (AvgIpc) is 2.94. The number of carbonyl (C=O) groups is 2. The fourth-order valence-corrected chi connectivity index (χ4v) is 4.34. The van der Waals surface area contributed by atoms with Crippen LogP contribution < -0.4 is 5.32 Å². The van der Waals surface area contributed by atoms with Gasteiger partial charge in [-0.25, -0.2) is 9.37 Å². The zero-order chi connectivity index (χ0) is 17.7. The standard InChI is InChI=1S/C15H16FN2O3PS2/c1-15(2,13(20)21-22)24-14-18-11(8-23-14)7-12(19)17-10-5-3-9(16)4-6-10/h3-6,8H,7,22H2,1-2H3,(H,17,19). The first-order valence-electron chi connectivity index (χ1n) is 6.90. The molecule has 24 heavy (non-hydrogen) atoms. The molecule has 0 aliphatic heterocycles. The van der Waals surface area contributed by atoms with Crippen LogP contribution in [0.25, 0.3) is 0 Å². The molecule has 1 aromatic heterocycles. The molecule has 9 heteroatoms. The van der Waals surface area contributed by atoms with Crippen molar-refractivity contribution in [3.63, 3.8) is 0 Å². The summed E-state index contributed by atoms with van der Waals surface area (Å²) < 4.78 is 17.4. The second-order valence-corrected chi connectivity index (χ2v) is 8.32. The quantitative estimate of drug-likeness (QED) is 0.606. The predicted octanol–water partition coefficient (Wildman–Crippen LogP) is 3.67. The van der Waals surface area contributed by atoms with Crippen molar-refractivity contribution in [1.29, 1.82) is 0 Å². The maximum Gasteiger partial charge on any atom is 0.324 e. The highest BCUT2D eigenvalue weighted by Crippen LogP contribution is 2.35. The number of hydrogen-bond donors (Lipinski definition) is 1. The fourth-order valence-electron chi connectivity index (χ4n) is 1.72. The molecule has 1 atom stereocenters. The summed E-state index contributed by atoms with van der Waals surface area (Å²) in [7, 11) is 1.94. The summed E-state index contributed by atoms with van der Waals surface area (Å²) in [6.07, 6.45) is 0.100. The first-order chi connectivity index (χ1) is 11.3. The number of carbonyl (C=O) groups excluding carboxylic acids is 2. The van der Waals surface area contributed by atoms with E-state index < -0.39 is 4.75 Å². The van der Waals surface area contributed by atoms with Gasteiger partial charge in [-0.3, -0.25) is 9.59 Å². The van der Waals surface area contributed by atoms with E-state index in [0.717, 1.165) is 0 Å². The number of benzene rings is 1. The number of rotatable bonds is 6. The van der Waals surface area contributed by atoms with Gasteiger partial charge in [0.2, 0.25) is 5.91 Å². The van der Waals surface area contributed by atoms with Crippen LogP contribution in [0, 0.1) is 5.82 Å². The number of halogens is 1. The van der Waals surface area contributed by atoms with Crippen LogP contribution in [0.5, 0.6) is 0 Å². The molecule has 5 nitrogen and oxygen atoms in total. The van der Waals surface area contributed by atoms with Crippen LogP contribution in [0.1, 0.15) is 19.5 Å². The Morgan fingerprint density at radius 2 is 2.04 bits per heavy atom. The molecule has 128 valence electrons. The van der Waals surface area contributed by atoms with Crippen molar-refractivity contribution in [3.8, 4) is 0 Å². The molecule has 0 saturated heterocycles. The second kappa shape index (κ2) is 8.05. The highest BCUT2D eigenvalue weighted by atomic mass is 32.2. The van der Waals surface area contributed by atoms with Gasteiger partial charge in [0.1, 0.15) is 10.6 Å². The zero-order valence-corrected chi connectivity index (χ0v) is 15.8. The van der Waals surface area contributed by atoms with E-state index in [1.165, 1.54) is 47.4 Å². The van der Waals surface area contributed by atoms with Gasteiger partial charge in [-0.1, -0.05) is 11.8 Å². The number of amides is 1. The van der Waals surface area contributed by atoms with Crippen LogP contribution in [0.4, 0.5) is 10.1 Å². The van der Waals surface area contributed by atoms with Crippen LogP contribution in [0.15, 0.2) is 34.0 Å². The first-order valence-corrected chi connectivity index (χ1v) is 9.07. The van der Waals surface area contributed by atoms with Crippen LogP contribution in [0.2, 0.25) is 0 Å². The van der Waals surface area contributed by atoms with E-state index in [4.69, 9.17) is 0 Å². The molecule has 1 heterocycles. The zero-order valence-electron chi connectivity index (χ0n) is 13.0. The van der Waals surface area contributed by atoms with Gasteiger partial charge in [-0.05, 0) is 38.1 Å². The molecule has 0 fully saturated rings. The molecule has 1 N–H and O–H groups in total. The van der Waals surface area contributed by atoms with E-state index in [2.05, 4.69) is 14.8 Å². The summed E-state index contributed by atoms with van der Waals surface area (Å²) >= 11 is 2.64. The van der Waals surface area contributed by atoms with Crippen LogP contribution >= 0.6 is 32.6 Å². The smallest absolute Gasteiger partial charge is 0.324 e. The van der Waals surface area contributed by atoms with Crippen LogP contribution in [-0.4, -0.2) is 21.6 Å². The molecular weight excluding hydrogens is 370 g/mol. The average molecular weight is 386 g/mol. The molecule has 0 radical (unpaired) electrons. The fraction of sp³-hybridized carbons (Fsp3) is 0.267. The number of anilines is 1. The van der Waals surface area contributed by atoms with E-state index in [-0.39, 0.29) is 24.1 Å². The molecule has 2 aromatic rings. The van der Waals surface area contributed by atoms with E-state index in [1.807, 2.05) is 9.47 Å². The Bertz CT molecular complexity index is 735. The third-order valence-electron chi connectivity index (χ3n) is 2.94. The van der Waals surface area contributed by atoms with E-state index in [9.17, 15) is 14.0 Å². The van der Waals surface area contributed by atoms with Crippen molar-refractivity contribution in [2.24, 2.45) is 0 Å². The van der Waals surface area contributed by atoms with Crippen LogP contribution in [0.3, 0.4) is 0 Å². The Kier molecular flexibility index (Phi) is 6.32. The SMILES string of the molecule is CC(C)(Sc1nc(CC(=O)Nc2ccc(F)cc2)cs1)C(=O)OP. The Hall–Kier alpha value is -1.50. The van der Waals surface area contributed by atoms with Crippen molar-refractivity contribution in [3.05, 3.63) is 41.2 Å². The van der Waals surface area contributed by atoms with Crippen molar-refractivity contribution < 1.29 is 18.5 Å².